The molecule has 11 heteroatoms. The minimum Gasteiger partial charge on any atom is -0.362 e. The van der Waals surface area contributed by atoms with E-state index < -0.39 is 23.3 Å². The average Bonchev–Trinajstić information content (AvgIpc) is 2.81. The predicted octanol–water partition coefficient (Wildman–Crippen LogP) is 3.78. The number of carbonyl (C=O) groups is 1. The number of likely N-dealkylation sites (tertiary alicyclic amines) is 1. The SMILES string of the molecule is CC(=O)N1CCC(n2cc3c(NC(C)c4cccc(C(F)(F)F)c4C)nn(C)c(=O)c3cc2=O)CC1. The average molecular weight is 504 g/mol. The second kappa shape index (κ2) is 9.44. The van der Waals surface area contributed by atoms with Crippen LogP contribution >= 0.6 is 0 Å². The lowest BCUT2D eigenvalue weighted by Gasteiger charge is -2.32. The number of fused-ring (bicyclic) bond motifs is 1. The number of amides is 1. The normalized spacial score (nSPS) is 15.8. The van der Waals surface area contributed by atoms with Crippen molar-refractivity contribution >= 4 is 22.5 Å². The maximum absolute atomic E-state index is 13.4. The summed E-state index contributed by atoms with van der Waals surface area (Å²) in [6.07, 6.45) is -1.71. The van der Waals surface area contributed by atoms with Gasteiger partial charge >= 0.3 is 6.18 Å². The molecule has 0 aliphatic carbocycles. The highest BCUT2D eigenvalue weighted by atomic mass is 19.4. The molecule has 2 aromatic heterocycles. The molecule has 1 N–H and O–H groups in total. The zero-order valence-electron chi connectivity index (χ0n) is 20.5. The van der Waals surface area contributed by atoms with Crippen LogP contribution in [0.3, 0.4) is 0 Å². The fourth-order valence-electron chi connectivity index (χ4n) is 4.90. The molecule has 0 spiro atoms. The summed E-state index contributed by atoms with van der Waals surface area (Å²) in [4.78, 5) is 39.1. The molecule has 1 unspecified atom stereocenters. The number of pyridine rings is 1. The molecule has 0 bridgehead atoms. The Morgan fingerprint density at radius 1 is 1.17 bits per heavy atom. The molecule has 3 aromatic rings. The van der Waals surface area contributed by atoms with Crippen LogP contribution < -0.4 is 16.4 Å². The smallest absolute Gasteiger partial charge is 0.362 e. The van der Waals surface area contributed by atoms with Gasteiger partial charge in [0.25, 0.3) is 11.1 Å². The minimum absolute atomic E-state index is 0.0163. The van der Waals surface area contributed by atoms with Crippen molar-refractivity contribution in [1.29, 1.82) is 0 Å². The zero-order chi connectivity index (χ0) is 26.4. The Labute approximate surface area is 205 Å². The summed E-state index contributed by atoms with van der Waals surface area (Å²) in [6.45, 7) is 5.70. The van der Waals surface area contributed by atoms with E-state index in [2.05, 4.69) is 10.4 Å². The molecule has 1 atom stereocenters. The van der Waals surface area contributed by atoms with Gasteiger partial charge in [0.15, 0.2) is 5.82 Å². The Hall–Kier alpha value is -3.63. The summed E-state index contributed by atoms with van der Waals surface area (Å²) in [7, 11) is 1.45. The molecular formula is C25H28F3N5O3. The molecule has 192 valence electrons. The van der Waals surface area contributed by atoms with Crippen molar-refractivity contribution < 1.29 is 18.0 Å². The van der Waals surface area contributed by atoms with Crippen molar-refractivity contribution in [3.8, 4) is 0 Å². The molecule has 1 aliphatic heterocycles. The Bertz CT molecular complexity index is 1440. The van der Waals surface area contributed by atoms with Gasteiger partial charge in [-0.2, -0.15) is 18.3 Å². The largest absolute Gasteiger partial charge is 0.416 e. The van der Waals surface area contributed by atoms with Crippen molar-refractivity contribution in [3.63, 3.8) is 0 Å². The molecule has 36 heavy (non-hydrogen) atoms. The highest BCUT2D eigenvalue weighted by Gasteiger charge is 2.33. The Balaban J connectivity index is 1.75. The van der Waals surface area contributed by atoms with E-state index in [0.717, 1.165) is 10.7 Å². The number of alkyl halides is 3. The summed E-state index contributed by atoms with van der Waals surface area (Å²) in [5.41, 5.74) is -0.946. The molecule has 1 saturated heterocycles. The van der Waals surface area contributed by atoms with E-state index in [-0.39, 0.29) is 34.3 Å². The van der Waals surface area contributed by atoms with E-state index in [1.54, 1.807) is 28.7 Å². The second-order valence-corrected chi connectivity index (χ2v) is 9.24. The van der Waals surface area contributed by atoms with Gasteiger partial charge in [-0.05, 0) is 43.9 Å². The van der Waals surface area contributed by atoms with Gasteiger partial charge in [0.1, 0.15) is 0 Å². The Kier molecular flexibility index (Phi) is 6.68. The van der Waals surface area contributed by atoms with Crippen LogP contribution in [0, 0.1) is 6.92 Å². The fourth-order valence-corrected chi connectivity index (χ4v) is 4.90. The second-order valence-electron chi connectivity index (χ2n) is 9.24. The van der Waals surface area contributed by atoms with Crippen molar-refractivity contribution in [2.24, 2.45) is 7.05 Å². The van der Waals surface area contributed by atoms with Gasteiger partial charge in [-0.3, -0.25) is 14.4 Å². The monoisotopic (exact) mass is 503 g/mol. The number of piperidine rings is 1. The van der Waals surface area contributed by atoms with Gasteiger partial charge in [-0.1, -0.05) is 12.1 Å². The number of hydrogen-bond acceptors (Lipinski definition) is 5. The number of hydrogen-bond donors (Lipinski definition) is 1. The van der Waals surface area contributed by atoms with E-state index in [0.29, 0.717) is 36.9 Å². The van der Waals surface area contributed by atoms with E-state index in [4.69, 9.17) is 0 Å². The zero-order valence-corrected chi connectivity index (χ0v) is 20.5. The Morgan fingerprint density at radius 2 is 1.83 bits per heavy atom. The van der Waals surface area contributed by atoms with E-state index in [1.165, 1.54) is 33.0 Å². The number of rotatable bonds is 4. The van der Waals surface area contributed by atoms with Crippen LogP contribution in [0.2, 0.25) is 0 Å². The standard InChI is InChI=1S/C25H28F3N5O3/c1-14-18(6-5-7-21(14)25(26,27)28)15(2)29-23-20-13-33(17-8-10-32(11-9-17)16(3)34)22(35)12-19(20)24(36)31(4)30-23/h5-7,12-13,15,17H,8-11H2,1-4H3,(H,29,30). The quantitative estimate of drug-likeness (QED) is 0.586. The Morgan fingerprint density at radius 3 is 2.44 bits per heavy atom. The number of aryl methyl sites for hydroxylation is 1. The first kappa shape index (κ1) is 25.5. The molecule has 8 nitrogen and oxygen atoms in total. The first-order chi connectivity index (χ1) is 16.9. The van der Waals surface area contributed by atoms with Gasteiger partial charge in [0.2, 0.25) is 5.91 Å². The maximum Gasteiger partial charge on any atom is 0.416 e. The lowest BCUT2D eigenvalue weighted by Crippen LogP contribution is -2.39. The highest BCUT2D eigenvalue weighted by Crippen LogP contribution is 2.35. The lowest BCUT2D eigenvalue weighted by molar-refractivity contribution is -0.138. The summed E-state index contributed by atoms with van der Waals surface area (Å²) in [5, 5.41) is 8.05. The number of halogens is 3. The van der Waals surface area contributed by atoms with Crippen LogP contribution in [0.25, 0.3) is 10.8 Å². The van der Waals surface area contributed by atoms with Gasteiger partial charge in [0.05, 0.1) is 17.0 Å². The molecule has 3 heterocycles. The molecule has 1 fully saturated rings. The number of nitrogens with zero attached hydrogens (tertiary/aromatic N) is 4. The minimum atomic E-state index is -4.48. The van der Waals surface area contributed by atoms with E-state index >= 15 is 0 Å². The first-order valence-electron chi connectivity index (χ1n) is 11.7. The summed E-state index contributed by atoms with van der Waals surface area (Å²) in [5.74, 6) is 0.267. The third-order valence-corrected chi connectivity index (χ3v) is 6.91. The molecular weight excluding hydrogens is 475 g/mol. The van der Waals surface area contributed by atoms with Crippen molar-refractivity contribution in [2.75, 3.05) is 18.4 Å². The summed E-state index contributed by atoms with van der Waals surface area (Å²) in [6, 6.07) is 4.58. The highest BCUT2D eigenvalue weighted by molar-refractivity contribution is 5.90. The van der Waals surface area contributed by atoms with Crippen LogP contribution in [0.15, 0.2) is 40.1 Å². The van der Waals surface area contributed by atoms with Gasteiger partial charge in [-0.25, -0.2) is 4.68 Å². The number of nitrogens with one attached hydrogen (secondary N) is 1. The van der Waals surface area contributed by atoms with E-state index in [1.807, 2.05) is 0 Å². The van der Waals surface area contributed by atoms with Crippen molar-refractivity contribution in [1.82, 2.24) is 19.2 Å². The van der Waals surface area contributed by atoms with Crippen molar-refractivity contribution in [2.45, 2.75) is 51.9 Å². The van der Waals surface area contributed by atoms with Crippen LogP contribution in [-0.2, 0) is 18.0 Å². The molecule has 1 aliphatic rings. The third kappa shape index (κ3) is 4.74. The molecule has 0 saturated carbocycles. The number of carbonyl (C=O) groups excluding carboxylic acids is 1. The lowest BCUT2D eigenvalue weighted by atomic mass is 9.97. The van der Waals surface area contributed by atoms with E-state index in [9.17, 15) is 27.6 Å². The maximum atomic E-state index is 13.4. The fraction of sp³-hybridized carbons (Fsp3) is 0.440. The molecule has 0 radical (unpaired) electrons. The summed E-state index contributed by atoms with van der Waals surface area (Å²) < 4.78 is 42.9. The van der Waals surface area contributed by atoms with Crippen LogP contribution in [0.5, 0.6) is 0 Å². The summed E-state index contributed by atoms with van der Waals surface area (Å²) >= 11 is 0. The topological polar surface area (TPSA) is 89.2 Å². The third-order valence-electron chi connectivity index (χ3n) is 6.91. The van der Waals surface area contributed by atoms with Crippen LogP contribution in [0.4, 0.5) is 19.0 Å². The number of benzene rings is 1. The predicted molar refractivity (Wildman–Crippen MR) is 130 cm³/mol. The number of aromatic nitrogens is 3. The molecule has 1 aromatic carbocycles. The first-order valence-corrected chi connectivity index (χ1v) is 11.7. The van der Waals surface area contributed by atoms with Crippen molar-refractivity contribution in [3.05, 3.63) is 67.9 Å². The van der Waals surface area contributed by atoms with Gasteiger partial charge in [0, 0.05) is 50.8 Å². The molecule has 4 rings (SSSR count). The van der Waals surface area contributed by atoms with Gasteiger partial charge in [-0.15, -0.1) is 0 Å². The van der Waals surface area contributed by atoms with Gasteiger partial charge < -0.3 is 14.8 Å². The van der Waals surface area contributed by atoms with Crippen LogP contribution in [-0.4, -0.2) is 38.2 Å². The molecule has 1 amide bonds. The van der Waals surface area contributed by atoms with Crippen LogP contribution in [0.1, 0.15) is 55.5 Å². The number of anilines is 1.